The molecule has 3 rings (SSSR count). The van der Waals surface area contributed by atoms with Crippen LogP contribution in [0.1, 0.15) is 37.3 Å². The van der Waals surface area contributed by atoms with Gasteiger partial charge in [-0.3, -0.25) is 9.48 Å². The normalized spacial score (nSPS) is 27.7. The van der Waals surface area contributed by atoms with E-state index in [9.17, 15) is 4.79 Å². The summed E-state index contributed by atoms with van der Waals surface area (Å²) in [7, 11) is 1.93. The van der Waals surface area contributed by atoms with E-state index in [0.717, 1.165) is 45.3 Å². The molecule has 0 aliphatic carbocycles. The summed E-state index contributed by atoms with van der Waals surface area (Å²) in [4.78, 5) is 14.7. The zero-order valence-corrected chi connectivity index (χ0v) is 11.5. The summed E-state index contributed by atoms with van der Waals surface area (Å²) < 4.78 is 1.82. The Labute approximate surface area is 114 Å². The minimum absolute atomic E-state index is 0.172. The summed E-state index contributed by atoms with van der Waals surface area (Å²) in [6.45, 7) is 2.79. The number of piperidine rings is 1. The fourth-order valence-corrected chi connectivity index (χ4v) is 3.29. The highest BCUT2D eigenvalue weighted by Gasteiger charge is 2.34. The number of rotatable bonds is 2. The molecule has 0 bridgehead atoms. The number of carbonyl (C=O) groups excluding carboxylic acids is 1. The van der Waals surface area contributed by atoms with Crippen LogP contribution in [-0.4, -0.2) is 40.2 Å². The summed E-state index contributed by atoms with van der Waals surface area (Å²) in [6, 6.07) is 0.239. The molecule has 1 N–H and O–H groups in total. The molecule has 19 heavy (non-hydrogen) atoms. The van der Waals surface area contributed by atoms with Crippen LogP contribution in [0.25, 0.3) is 0 Å². The lowest BCUT2D eigenvalue weighted by Gasteiger charge is -2.30. The van der Waals surface area contributed by atoms with Gasteiger partial charge in [-0.15, -0.1) is 0 Å². The van der Waals surface area contributed by atoms with Crippen molar-refractivity contribution in [3.05, 3.63) is 18.0 Å². The van der Waals surface area contributed by atoms with Crippen molar-refractivity contribution in [2.75, 3.05) is 19.6 Å². The molecular formula is C14H22N4O. The summed E-state index contributed by atoms with van der Waals surface area (Å²) in [5.74, 6) is 0.504. The van der Waals surface area contributed by atoms with E-state index in [0.29, 0.717) is 5.91 Å². The largest absolute Gasteiger partial charge is 0.335 e. The zero-order valence-electron chi connectivity index (χ0n) is 11.5. The van der Waals surface area contributed by atoms with Gasteiger partial charge in [0.2, 0.25) is 5.91 Å². The molecule has 2 aliphatic rings. The number of hydrogen-bond acceptors (Lipinski definition) is 3. The van der Waals surface area contributed by atoms with Crippen molar-refractivity contribution in [2.24, 2.45) is 13.0 Å². The van der Waals surface area contributed by atoms with Gasteiger partial charge in [-0.1, -0.05) is 0 Å². The van der Waals surface area contributed by atoms with Gasteiger partial charge in [0.15, 0.2) is 0 Å². The minimum Gasteiger partial charge on any atom is -0.335 e. The molecule has 1 aromatic heterocycles. The molecular weight excluding hydrogens is 240 g/mol. The van der Waals surface area contributed by atoms with Gasteiger partial charge in [0.05, 0.1) is 18.2 Å². The van der Waals surface area contributed by atoms with Gasteiger partial charge in [-0.25, -0.2) is 0 Å². The highest BCUT2D eigenvalue weighted by Crippen LogP contribution is 2.33. The molecule has 104 valence electrons. The Kier molecular flexibility index (Phi) is 3.55. The Bertz CT molecular complexity index is 450. The van der Waals surface area contributed by atoms with Gasteiger partial charge in [0, 0.05) is 31.9 Å². The van der Waals surface area contributed by atoms with Crippen molar-refractivity contribution >= 4 is 5.91 Å². The van der Waals surface area contributed by atoms with E-state index < -0.39 is 0 Å². The van der Waals surface area contributed by atoms with Gasteiger partial charge >= 0.3 is 0 Å². The van der Waals surface area contributed by atoms with Gasteiger partial charge in [0.1, 0.15) is 0 Å². The van der Waals surface area contributed by atoms with Crippen molar-refractivity contribution < 1.29 is 4.79 Å². The predicted octanol–water partition coefficient (Wildman–Crippen LogP) is 1.08. The fraction of sp³-hybridized carbons (Fsp3) is 0.714. The van der Waals surface area contributed by atoms with E-state index in [4.69, 9.17) is 0 Å². The van der Waals surface area contributed by atoms with Crippen molar-refractivity contribution in [1.82, 2.24) is 20.0 Å². The molecule has 1 unspecified atom stereocenters. The van der Waals surface area contributed by atoms with Gasteiger partial charge in [0.25, 0.3) is 0 Å². The number of nitrogens with one attached hydrogen (secondary N) is 1. The summed E-state index contributed by atoms with van der Waals surface area (Å²) >= 11 is 0. The second-order valence-corrected chi connectivity index (χ2v) is 5.68. The van der Waals surface area contributed by atoms with Gasteiger partial charge in [-0.2, -0.15) is 5.10 Å². The molecule has 1 amide bonds. The number of hydrogen-bond donors (Lipinski definition) is 1. The van der Waals surface area contributed by atoms with E-state index in [1.54, 1.807) is 0 Å². The fourth-order valence-electron chi connectivity index (χ4n) is 3.29. The predicted molar refractivity (Wildman–Crippen MR) is 72.5 cm³/mol. The van der Waals surface area contributed by atoms with Crippen molar-refractivity contribution in [1.29, 1.82) is 0 Å². The molecule has 2 saturated heterocycles. The molecule has 2 aliphatic heterocycles. The number of carbonyl (C=O) groups is 1. The molecule has 0 radical (unpaired) electrons. The first-order valence-electron chi connectivity index (χ1n) is 7.25. The lowest BCUT2D eigenvalue weighted by molar-refractivity contribution is -0.137. The smallest absolute Gasteiger partial charge is 0.227 e. The number of likely N-dealkylation sites (tertiary alicyclic amines) is 1. The maximum atomic E-state index is 12.6. The van der Waals surface area contributed by atoms with Crippen molar-refractivity contribution in [3.8, 4) is 0 Å². The maximum Gasteiger partial charge on any atom is 0.227 e. The molecule has 3 heterocycles. The van der Waals surface area contributed by atoms with Crippen molar-refractivity contribution in [2.45, 2.75) is 31.7 Å². The van der Waals surface area contributed by atoms with Crippen LogP contribution in [0.15, 0.2) is 12.4 Å². The van der Waals surface area contributed by atoms with E-state index >= 15 is 0 Å². The quantitative estimate of drug-likeness (QED) is 0.868. The zero-order chi connectivity index (χ0) is 13.2. The highest BCUT2D eigenvalue weighted by atomic mass is 16.2. The lowest BCUT2D eigenvalue weighted by atomic mass is 9.97. The third-order valence-electron chi connectivity index (χ3n) is 4.29. The van der Waals surface area contributed by atoms with Crippen LogP contribution in [0.3, 0.4) is 0 Å². The molecule has 0 aromatic carbocycles. The Balaban J connectivity index is 1.73. The second-order valence-electron chi connectivity index (χ2n) is 5.68. The van der Waals surface area contributed by atoms with E-state index in [1.165, 1.54) is 5.56 Å². The van der Waals surface area contributed by atoms with E-state index in [-0.39, 0.29) is 12.0 Å². The number of amides is 1. The first kappa shape index (κ1) is 12.7. The summed E-state index contributed by atoms with van der Waals surface area (Å²) in [5, 5.41) is 7.57. The number of nitrogens with zero attached hydrogens (tertiary/aromatic N) is 3. The first-order chi connectivity index (χ1) is 9.25. The van der Waals surface area contributed by atoms with Crippen LogP contribution in [0.4, 0.5) is 0 Å². The van der Waals surface area contributed by atoms with Gasteiger partial charge in [-0.05, 0) is 32.2 Å². The third-order valence-corrected chi connectivity index (χ3v) is 4.29. The van der Waals surface area contributed by atoms with Crippen LogP contribution in [-0.2, 0) is 11.8 Å². The molecule has 0 spiro atoms. The maximum absolute atomic E-state index is 12.6. The lowest BCUT2D eigenvalue weighted by Crippen LogP contribution is -2.42. The summed E-state index contributed by atoms with van der Waals surface area (Å²) in [5.41, 5.74) is 1.18. The van der Waals surface area contributed by atoms with Crippen LogP contribution in [0.2, 0.25) is 0 Å². The Morgan fingerprint density at radius 3 is 3.00 bits per heavy atom. The first-order valence-corrected chi connectivity index (χ1v) is 7.25. The molecule has 5 nitrogen and oxygen atoms in total. The van der Waals surface area contributed by atoms with Crippen LogP contribution in [0, 0.1) is 5.92 Å². The monoisotopic (exact) mass is 262 g/mol. The number of aromatic nitrogens is 2. The Morgan fingerprint density at radius 1 is 1.42 bits per heavy atom. The summed E-state index contributed by atoms with van der Waals surface area (Å²) in [6.07, 6.45) is 8.25. The number of aryl methyl sites for hydroxylation is 1. The molecule has 1 aromatic rings. The van der Waals surface area contributed by atoms with Crippen LogP contribution >= 0.6 is 0 Å². The second kappa shape index (κ2) is 5.33. The average Bonchev–Trinajstić information content (AvgIpc) is 3.07. The van der Waals surface area contributed by atoms with Crippen LogP contribution < -0.4 is 5.32 Å². The topological polar surface area (TPSA) is 50.2 Å². The molecule has 0 saturated carbocycles. The Morgan fingerprint density at radius 2 is 2.32 bits per heavy atom. The highest BCUT2D eigenvalue weighted by molar-refractivity contribution is 5.80. The van der Waals surface area contributed by atoms with E-state index in [1.807, 2.05) is 24.1 Å². The molecule has 2 atom stereocenters. The van der Waals surface area contributed by atoms with Crippen molar-refractivity contribution in [3.63, 3.8) is 0 Å². The SMILES string of the molecule is Cn1cc(C2CCCN2C(=O)[C@@H]2CCCNC2)cn1. The van der Waals surface area contributed by atoms with E-state index in [2.05, 4.69) is 15.3 Å². The Hall–Kier alpha value is -1.36. The minimum atomic E-state index is 0.172. The van der Waals surface area contributed by atoms with Gasteiger partial charge < -0.3 is 10.2 Å². The third kappa shape index (κ3) is 2.52. The molecule has 2 fully saturated rings. The van der Waals surface area contributed by atoms with Crippen LogP contribution in [0.5, 0.6) is 0 Å². The average molecular weight is 262 g/mol. The molecule has 5 heteroatoms. The standard InChI is InChI=1S/C14H22N4O/c1-17-10-12(9-16-17)13-5-3-7-18(13)14(19)11-4-2-6-15-8-11/h9-11,13,15H,2-8H2,1H3/t11-,13?/m1/s1.